The van der Waals surface area contributed by atoms with Gasteiger partial charge in [0.2, 0.25) is 0 Å². The van der Waals surface area contributed by atoms with Gasteiger partial charge in [0.25, 0.3) is 0 Å². The van der Waals surface area contributed by atoms with Gasteiger partial charge in [0.1, 0.15) is 38.7 Å². The minimum Gasteiger partial charge on any atom is -0.301 e. The first-order valence-corrected chi connectivity index (χ1v) is 27.8. The lowest BCUT2D eigenvalue weighted by Gasteiger charge is -2.22. The number of pyridine rings is 4. The van der Waals surface area contributed by atoms with Crippen molar-refractivity contribution in [3.63, 3.8) is 0 Å². The summed E-state index contributed by atoms with van der Waals surface area (Å²) in [6.07, 6.45) is 20.5. The van der Waals surface area contributed by atoms with Crippen LogP contribution in [0.25, 0.3) is 79.0 Å². The van der Waals surface area contributed by atoms with Crippen LogP contribution < -0.4 is 10.4 Å². The van der Waals surface area contributed by atoms with Gasteiger partial charge in [-0.15, -0.1) is 0 Å². The number of hydrogen-bond acceptors (Lipinski definition) is 4. The lowest BCUT2D eigenvalue weighted by molar-refractivity contribution is 1.06. The minimum atomic E-state index is -2.12. The van der Waals surface area contributed by atoms with Crippen LogP contribution in [0.5, 0.6) is 0 Å². The van der Waals surface area contributed by atoms with Gasteiger partial charge in [-0.1, -0.05) is 84.4 Å². The highest BCUT2D eigenvalue weighted by molar-refractivity contribution is 6.95. The van der Waals surface area contributed by atoms with Crippen molar-refractivity contribution in [2.45, 2.75) is 26.2 Å². The second kappa shape index (κ2) is 15.6. The van der Waals surface area contributed by atoms with Gasteiger partial charge < -0.3 is 18.3 Å². The second-order valence-corrected chi connectivity index (χ2v) is 26.4. The molecule has 8 nitrogen and oxygen atoms in total. The van der Waals surface area contributed by atoms with Crippen LogP contribution in [0.1, 0.15) is 11.1 Å². The number of hydrogen-bond donors (Lipinski definition) is 0. The highest BCUT2D eigenvalue weighted by Crippen LogP contribution is 2.27. The van der Waals surface area contributed by atoms with Crippen molar-refractivity contribution in [3.05, 3.63) is 206 Å². The van der Waals surface area contributed by atoms with Crippen LogP contribution >= 0.6 is 0 Å². The Morgan fingerprint density at radius 3 is 0.922 bits per heavy atom. The Labute approximate surface area is 373 Å². The largest absolute Gasteiger partial charge is 0.301 e. The first kappa shape index (κ1) is 39.2. The summed E-state index contributed by atoms with van der Waals surface area (Å²) in [7, 11) is -4.25. The smallest absolute Gasteiger partial charge is 0.144 e. The van der Waals surface area contributed by atoms with Gasteiger partial charge in [0, 0.05) is 93.9 Å². The van der Waals surface area contributed by atoms with Crippen LogP contribution in [-0.4, -0.2) is 54.4 Å². The molecule has 0 unspecified atom stereocenters. The molecule has 0 radical (unpaired) electrons. The Kier molecular flexibility index (Phi) is 9.55. The van der Waals surface area contributed by atoms with E-state index in [1.807, 2.05) is 49.1 Å². The van der Waals surface area contributed by atoms with E-state index in [9.17, 15) is 0 Å². The summed E-state index contributed by atoms with van der Waals surface area (Å²) < 4.78 is 8.80. The van der Waals surface area contributed by atoms with E-state index in [2.05, 4.69) is 202 Å². The Bertz CT molecular complexity index is 3160. The van der Waals surface area contributed by atoms with Crippen molar-refractivity contribution in [2.24, 2.45) is 0 Å². The fraction of sp³-hybridized carbons (Fsp3) is 0.0741. The first-order valence-electron chi connectivity index (χ1n) is 21.7. The number of benzene rings is 3. The molecule has 0 aliphatic carbocycles. The van der Waals surface area contributed by atoms with Crippen LogP contribution in [-0.2, 0) is 0 Å². The molecule has 8 aromatic heterocycles. The molecular weight excluding hydrogens is 817 g/mol. The van der Waals surface area contributed by atoms with Gasteiger partial charge in [0.05, 0.1) is 0 Å². The number of fused-ring (bicyclic) bond motifs is 4. The molecule has 11 aromatic rings. The highest BCUT2D eigenvalue weighted by Gasteiger charge is 2.24. The molecule has 64 heavy (non-hydrogen) atoms. The fourth-order valence-corrected chi connectivity index (χ4v) is 12.4. The molecule has 0 aliphatic rings. The monoisotopic (exact) mass is 862 g/mol. The van der Waals surface area contributed by atoms with Crippen molar-refractivity contribution in [1.29, 1.82) is 0 Å². The van der Waals surface area contributed by atoms with E-state index in [1.165, 1.54) is 21.5 Å². The number of nitrogens with zero attached hydrogens (tertiary/aromatic N) is 8. The van der Waals surface area contributed by atoms with E-state index in [-0.39, 0.29) is 0 Å². The third kappa shape index (κ3) is 7.22. The van der Waals surface area contributed by atoms with E-state index in [0.29, 0.717) is 0 Å². The fourth-order valence-electron chi connectivity index (χ4n) is 8.71. The summed E-state index contributed by atoms with van der Waals surface area (Å²) in [5.74, 6) is 0. The summed E-state index contributed by atoms with van der Waals surface area (Å²) in [5.41, 5.74) is 15.4. The van der Waals surface area contributed by atoms with E-state index < -0.39 is 16.1 Å². The molecule has 0 bridgehead atoms. The lowest BCUT2D eigenvalue weighted by atomic mass is 10.1. The molecule has 3 aromatic carbocycles. The average Bonchev–Trinajstić information content (AvgIpc) is 4.15. The third-order valence-electron chi connectivity index (χ3n) is 12.5. The van der Waals surface area contributed by atoms with Gasteiger partial charge in [-0.05, 0) is 120 Å². The maximum atomic E-state index is 4.75. The molecule has 310 valence electrons. The van der Waals surface area contributed by atoms with Crippen LogP contribution in [0.3, 0.4) is 0 Å². The summed E-state index contributed by atoms with van der Waals surface area (Å²) >= 11 is 0. The zero-order valence-electron chi connectivity index (χ0n) is 36.2. The molecule has 8 heterocycles. The van der Waals surface area contributed by atoms with Crippen LogP contribution in [0.15, 0.2) is 194 Å². The van der Waals surface area contributed by atoms with Gasteiger partial charge in [0.15, 0.2) is 0 Å². The van der Waals surface area contributed by atoms with Crippen molar-refractivity contribution in [2.75, 3.05) is 0 Å². The van der Waals surface area contributed by atoms with Gasteiger partial charge in [-0.2, -0.15) is 0 Å². The lowest BCUT2D eigenvalue weighted by Crippen LogP contribution is -2.40. The van der Waals surface area contributed by atoms with E-state index in [1.54, 1.807) is 0 Å². The molecule has 11 rings (SSSR count). The Morgan fingerprint density at radius 2 is 0.641 bits per heavy atom. The average molecular weight is 863 g/mol. The predicted molar refractivity (Wildman–Crippen MR) is 270 cm³/mol. The molecule has 0 atom stereocenters. The molecule has 0 fully saturated rings. The van der Waals surface area contributed by atoms with Crippen LogP contribution in [0.2, 0.25) is 26.2 Å². The standard InChI is InChI=1S/C54H46N8Si2/c1-63(2,49-35-45(59-27-17-41-9-5-23-55-51(41)59)33-46(36-49)60-28-18-42-10-6-24-56-52(42)60)31-21-39-13-15-40(16-14-39)22-32-64(3,4)50-37-47(61-29-19-43-11-7-25-57-53(43)61)34-48(38-50)62-30-20-44-12-8-26-58-54(44)62/h5-38H,1-4H3/b31-21+,32-22+. The third-order valence-corrected chi connectivity index (χ3v) is 18.1. The second-order valence-electron chi connectivity index (χ2n) is 17.7. The molecule has 10 heteroatoms. The highest BCUT2D eigenvalue weighted by atomic mass is 28.3. The topological polar surface area (TPSA) is 71.3 Å². The van der Waals surface area contributed by atoms with Gasteiger partial charge in [-0.3, -0.25) is 0 Å². The summed E-state index contributed by atoms with van der Waals surface area (Å²) in [6, 6.07) is 47.8. The zero-order chi connectivity index (χ0) is 43.4. The summed E-state index contributed by atoms with van der Waals surface area (Å²) in [4.78, 5) is 19.0. The normalized spacial score (nSPS) is 12.6. The van der Waals surface area contributed by atoms with E-state index in [0.717, 1.165) is 66.9 Å². The Balaban J connectivity index is 0.891. The Hall–Kier alpha value is -7.67. The van der Waals surface area contributed by atoms with Crippen molar-refractivity contribution < 1.29 is 0 Å². The van der Waals surface area contributed by atoms with Gasteiger partial charge in [-0.25, -0.2) is 19.9 Å². The van der Waals surface area contributed by atoms with Crippen LogP contribution in [0.4, 0.5) is 0 Å². The maximum absolute atomic E-state index is 4.75. The number of aromatic nitrogens is 8. The first-order chi connectivity index (χ1) is 31.2. The predicted octanol–water partition coefficient (Wildman–Crippen LogP) is 11.4. The van der Waals surface area contributed by atoms with Gasteiger partial charge >= 0.3 is 0 Å². The van der Waals surface area contributed by atoms with E-state index in [4.69, 9.17) is 19.9 Å². The summed E-state index contributed by atoms with van der Waals surface area (Å²) in [5, 5.41) is 7.12. The Morgan fingerprint density at radius 1 is 0.359 bits per heavy atom. The molecule has 0 saturated carbocycles. The molecule has 0 N–H and O–H groups in total. The van der Waals surface area contributed by atoms with Crippen molar-refractivity contribution >= 4 is 82.8 Å². The minimum absolute atomic E-state index is 0.945. The molecule has 0 spiro atoms. The van der Waals surface area contributed by atoms with E-state index >= 15 is 0 Å². The number of rotatable bonds is 10. The zero-order valence-corrected chi connectivity index (χ0v) is 38.2. The van der Waals surface area contributed by atoms with Crippen molar-refractivity contribution in [1.82, 2.24) is 38.2 Å². The quantitative estimate of drug-likeness (QED) is 0.128. The molecule has 0 saturated heterocycles. The van der Waals surface area contributed by atoms with Crippen molar-refractivity contribution in [3.8, 4) is 22.7 Å². The molecule has 0 aliphatic heterocycles. The SMILES string of the molecule is C[Si](C)(/C=C/c1ccc(/C=C/[Si](C)(C)c2cc(-n3ccc4cccnc43)cc(-n3ccc4cccnc43)c2)cc1)c1cc(-n2ccc3cccnc32)cc(-n2ccc3cccnc32)c1. The summed E-state index contributed by atoms with van der Waals surface area (Å²) in [6.45, 7) is 9.66. The van der Waals surface area contributed by atoms with Crippen LogP contribution in [0, 0.1) is 0 Å². The molecular formula is C54H46N8Si2. The molecule has 0 amide bonds. The maximum Gasteiger partial charge on any atom is 0.144 e.